The van der Waals surface area contributed by atoms with Crippen LogP contribution >= 0.6 is 0 Å². The van der Waals surface area contributed by atoms with Crippen LogP contribution in [0.4, 0.5) is 4.79 Å². The largest absolute Gasteiger partial charge is 0.519 e. The Bertz CT molecular complexity index is 1040. The lowest BCUT2D eigenvalue weighted by Gasteiger charge is -2.21. The van der Waals surface area contributed by atoms with E-state index in [1.807, 2.05) is 24.3 Å². The van der Waals surface area contributed by atoms with Crippen LogP contribution in [0.3, 0.4) is 0 Å². The van der Waals surface area contributed by atoms with Crippen molar-refractivity contribution in [1.82, 2.24) is 0 Å². The van der Waals surface area contributed by atoms with Gasteiger partial charge in [-0.15, -0.1) is 11.8 Å². The molecule has 0 radical (unpaired) electrons. The third-order valence-corrected chi connectivity index (χ3v) is 4.96. The predicted molar refractivity (Wildman–Crippen MR) is 135 cm³/mol. The van der Waals surface area contributed by atoms with Gasteiger partial charge in [0.2, 0.25) is 0 Å². The van der Waals surface area contributed by atoms with Crippen molar-refractivity contribution >= 4 is 6.16 Å². The second kappa shape index (κ2) is 11.5. The molecule has 0 unspecified atom stereocenters. The summed E-state index contributed by atoms with van der Waals surface area (Å²) in [4.78, 5) is 12.7. The summed E-state index contributed by atoms with van der Waals surface area (Å²) in [6.07, 6.45) is -0.898. The Morgan fingerprint density at radius 2 is 1.06 bits per heavy atom. The lowest BCUT2D eigenvalue weighted by molar-refractivity contribution is 0.148. The first-order valence-electron chi connectivity index (χ1n) is 11.2. The third-order valence-electron chi connectivity index (χ3n) is 4.96. The van der Waals surface area contributed by atoms with Crippen LogP contribution in [0.15, 0.2) is 36.4 Å². The van der Waals surface area contributed by atoms with E-state index in [1.165, 1.54) is 0 Å². The smallest absolute Gasteiger partial charge is 0.477 e. The van der Waals surface area contributed by atoms with Gasteiger partial charge in [-0.2, -0.15) is 0 Å². The van der Waals surface area contributed by atoms with Gasteiger partial charge >= 0.3 is 6.16 Å². The summed E-state index contributed by atoms with van der Waals surface area (Å²) < 4.78 is 22.5. The number of carbonyl (C=O) groups is 1. The first kappa shape index (κ1) is 26.7. The van der Waals surface area contributed by atoms with Crippen molar-refractivity contribution in [2.75, 3.05) is 13.2 Å². The molecule has 0 atom stereocenters. The molecule has 0 heterocycles. The number of rotatable bonds is 6. The van der Waals surface area contributed by atoms with Crippen molar-refractivity contribution in [2.24, 2.45) is 0 Å². The van der Waals surface area contributed by atoms with Crippen molar-refractivity contribution < 1.29 is 23.7 Å². The minimum atomic E-state index is -0.898. The molecule has 0 aliphatic carbocycles. The fourth-order valence-corrected chi connectivity index (χ4v) is 2.92. The van der Waals surface area contributed by atoms with Gasteiger partial charge in [0, 0.05) is 0 Å². The molecule has 2 rings (SSSR count). The Labute approximate surface area is 203 Å². The zero-order valence-electron chi connectivity index (χ0n) is 21.4. The van der Waals surface area contributed by atoms with E-state index in [0.717, 1.165) is 11.1 Å². The molecule has 0 fully saturated rings. The molecule has 0 bridgehead atoms. The summed E-state index contributed by atoms with van der Waals surface area (Å²) in [7, 11) is 0. The van der Waals surface area contributed by atoms with E-state index in [4.69, 9.17) is 18.9 Å². The average molecular weight is 463 g/mol. The van der Waals surface area contributed by atoms with Crippen LogP contribution in [0, 0.1) is 23.7 Å². The Morgan fingerprint density at radius 3 is 1.38 bits per heavy atom. The van der Waals surface area contributed by atoms with Crippen LogP contribution < -0.4 is 18.9 Å². The SMILES string of the molecule is CC#CCOc1cc(C(C)(C)C)ccc1OC(=O)Oc1ccc(C(C)(C)C)cc1OCC#CC. The summed E-state index contributed by atoms with van der Waals surface area (Å²) in [6.45, 7) is 16.4. The Balaban J connectivity index is 2.29. The summed E-state index contributed by atoms with van der Waals surface area (Å²) in [5.41, 5.74) is 1.88. The van der Waals surface area contributed by atoms with Gasteiger partial charge in [-0.1, -0.05) is 65.5 Å². The zero-order chi connectivity index (χ0) is 25.4. The first-order valence-corrected chi connectivity index (χ1v) is 11.2. The molecular weight excluding hydrogens is 428 g/mol. The van der Waals surface area contributed by atoms with Crippen LogP contribution in [0.1, 0.15) is 66.5 Å². The number of ether oxygens (including phenoxy) is 4. The van der Waals surface area contributed by atoms with Crippen molar-refractivity contribution in [3.8, 4) is 46.7 Å². The third kappa shape index (κ3) is 7.78. The summed E-state index contributed by atoms with van der Waals surface area (Å²) in [5, 5.41) is 0. The fourth-order valence-electron chi connectivity index (χ4n) is 2.92. The topological polar surface area (TPSA) is 54.0 Å². The number of hydrogen-bond acceptors (Lipinski definition) is 5. The molecule has 0 aromatic heterocycles. The van der Waals surface area contributed by atoms with Crippen molar-refractivity contribution in [2.45, 2.75) is 66.2 Å². The highest BCUT2D eigenvalue weighted by molar-refractivity contribution is 5.70. The van der Waals surface area contributed by atoms with Gasteiger partial charge in [0.25, 0.3) is 0 Å². The molecule has 0 aliphatic rings. The zero-order valence-corrected chi connectivity index (χ0v) is 21.4. The highest BCUT2D eigenvalue weighted by Crippen LogP contribution is 2.36. The Morgan fingerprint density at radius 1 is 0.676 bits per heavy atom. The molecule has 0 saturated carbocycles. The average Bonchev–Trinajstić information content (AvgIpc) is 2.74. The van der Waals surface area contributed by atoms with E-state index in [-0.39, 0.29) is 35.5 Å². The molecule has 2 aromatic rings. The molecule has 0 saturated heterocycles. The van der Waals surface area contributed by atoms with Crippen molar-refractivity contribution in [3.05, 3.63) is 47.5 Å². The van der Waals surface area contributed by atoms with E-state index in [9.17, 15) is 4.79 Å². The van der Waals surface area contributed by atoms with Crippen LogP contribution in [-0.4, -0.2) is 19.4 Å². The maximum atomic E-state index is 12.7. The van der Waals surface area contributed by atoms with Crippen molar-refractivity contribution in [3.63, 3.8) is 0 Å². The van der Waals surface area contributed by atoms with Gasteiger partial charge in [-0.05, 0) is 60.1 Å². The van der Waals surface area contributed by atoms with Gasteiger partial charge in [0.05, 0.1) is 0 Å². The van der Waals surface area contributed by atoms with Crippen LogP contribution in [0.25, 0.3) is 0 Å². The van der Waals surface area contributed by atoms with Crippen LogP contribution in [0.5, 0.6) is 23.0 Å². The molecule has 180 valence electrons. The summed E-state index contributed by atoms with van der Waals surface area (Å²) in [5.74, 6) is 12.6. The fraction of sp³-hybridized carbons (Fsp3) is 0.414. The highest BCUT2D eigenvalue weighted by Gasteiger charge is 2.21. The minimum Gasteiger partial charge on any atom is -0.477 e. The molecule has 2 aromatic carbocycles. The van der Waals surface area contributed by atoms with Crippen LogP contribution in [-0.2, 0) is 10.8 Å². The molecule has 5 nitrogen and oxygen atoms in total. The maximum absolute atomic E-state index is 12.7. The molecule has 0 aliphatic heterocycles. The lowest BCUT2D eigenvalue weighted by atomic mass is 9.87. The maximum Gasteiger partial charge on any atom is 0.519 e. The second-order valence-electron chi connectivity index (χ2n) is 9.71. The normalized spacial score (nSPS) is 10.8. The monoisotopic (exact) mass is 462 g/mol. The van der Waals surface area contributed by atoms with E-state index < -0.39 is 6.16 Å². The van der Waals surface area contributed by atoms with Gasteiger partial charge in [0.15, 0.2) is 23.0 Å². The summed E-state index contributed by atoms with van der Waals surface area (Å²) >= 11 is 0. The number of benzene rings is 2. The van der Waals surface area contributed by atoms with E-state index in [0.29, 0.717) is 11.5 Å². The Kier molecular flexibility index (Phi) is 9.04. The van der Waals surface area contributed by atoms with Gasteiger partial charge in [0.1, 0.15) is 13.2 Å². The first-order chi connectivity index (χ1) is 16.0. The van der Waals surface area contributed by atoms with Crippen molar-refractivity contribution in [1.29, 1.82) is 0 Å². The van der Waals surface area contributed by atoms with E-state index in [1.54, 1.807) is 26.0 Å². The number of hydrogen-bond donors (Lipinski definition) is 0. The molecule has 0 amide bonds. The highest BCUT2D eigenvalue weighted by atomic mass is 16.7. The molecule has 0 N–H and O–H groups in total. The lowest BCUT2D eigenvalue weighted by Crippen LogP contribution is -2.17. The number of carbonyl (C=O) groups excluding carboxylic acids is 1. The predicted octanol–water partition coefficient (Wildman–Crippen LogP) is 6.66. The molecular formula is C29H34O5. The Hall–Kier alpha value is -3.57. The molecule has 34 heavy (non-hydrogen) atoms. The molecule has 0 spiro atoms. The standard InChI is InChI=1S/C29H34O5/c1-9-11-17-31-25-19-21(28(3,4)5)13-15-23(25)33-27(30)34-24-16-14-22(29(6,7)8)20-26(24)32-18-12-10-2/h13-16,19-20H,17-18H2,1-8H3. The minimum absolute atomic E-state index is 0.101. The van der Waals surface area contributed by atoms with E-state index >= 15 is 0 Å². The van der Waals surface area contributed by atoms with Crippen LogP contribution in [0.2, 0.25) is 0 Å². The van der Waals surface area contributed by atoms with Gasteiger partial charge in [-0.25, -0.2) is 4.79 Å². The summed E-state index contributed by atoms with van der Waals surface area (Å²) in [6, 6.07) is 10.9. The quantitative estimate of drug-likeness (QED) is 0.273. The van der Waals surface area contributed by atoms with E-state index in [2.05, 4.69) is 65.2 Å². The second-order valence-corrected chi connectivity index (χ2v) is 9.71. The van der Waals surface area contributed by atoms with Gasteiger partial charge < -0.3 is 18.9 Å². The van der Waals surface area contributed by atoms with Gasteiger partial charge in [-0.3, -0.25) is 0 Å². The molecule has 5 heteroatoms.